The molecule has 1 atom stereocenters. The fourth-order valence-electron chi connectivity index (χ4n) is 3.17. The largest absolute Gasteiger partial charge is 0.493 e. The fourth-order valence-corrected chi connectivity index (χ4v) is 4.65. The van der Waals surface area contributed by atoms with Gasteiger partial charge < -0.3 is 23.9 Å². The summed E-state index contributed by atoms with van der Waals surface area (Å²) in [5.74, 6) is 1.98. The van der Waals surface area contributed by atoms with E-state index in [2.05, 4.69) is 5.32 Å². The lowest BCUT2D eigenvalue weighted by Gasteiger charge is -2.15. The van der Waals surface area contributed by atoms with Crippen LogP contribution in [0.25, 0.3) is 0 Å². The molecular weight excluding hydrogens is 454 g/mol. The highest BCUT2D eigenvalue weighted by Gasteiger charge is 2.17. The number of hydrogen-bond donors (Lipinski definition) is 1. The number of nitrogens with one attached hydrogen (secondary N) is 1. The molecule has 9 heteroatoms. The van der Waals surface area contributed by atoms with Crippen molar-refractivity contribution in [1.82, 2.24) is 5.32 Å². The first kappa shape index (κ1) is 23.7. The van der Waals surface area contributed by atoms with Crippen LogP contribution in [0.15, 0.2) is 57.8 Å². The van der Waals surface area contributed by atoms with Crippen LogP contribution in [-0.2, 0) is 23.0 Å². The lowest BCUT2D eigenvalue weighted by Crippen LogP contribution is -2.25. The van der Waals surface area contributed by atoms with Crippen LogP contribution in [0.3, 0.4) is 0 Å². The van der Waals surface area contributed by atoms with Crippen LogP contribution in [0, 0.1) is 0 Å². The number of halogens is 1. The van der Waals surface area contributed by atoms with Crippen molar-refractivity contribution in [2.75, 3.05) is 27.9 Å². The number of benzene rings is 2. The summed E-state index contributed by atoms with van der Waals surface area (Å²) in [6.45, 7) is 0.353. The Labute approximate surface area is 194 Å². The van der Waals surface area contributed by atoms with Crippen LogP contribution in [0.4, 0.5) is 0 Å². The molecule has 0 saturated heterocycles. The van der Waals surface area contributed by atoms with E-state index in [0.29, 0.717) is 45.9 Å². The second-order valence-electron chi connectivity index (χ2n) is 6.69. The van der Waals surface area contributed by atoms with E-state index >= 15 is 0 Å². The number of furan rings is 1. The minimum atomic E-state index is -1.38. The van der Waals surface area contributed by atoms with Gasteiger partial charge in [0.15, 0.2) is 17.3 Å². The summed E-state index contributed by atoms with van der Waals surface area (Å²) in [5, 5.41) is 3.25. The summed E-state index contributed by atoms with van der Waals surface area (Å²) < 4.78 is 34.2. The molecule has 3 aromatic rings. The molecule has 1 heterocycles. The molecule has 0 aliphatic carbocycles. The Morgan fingerprint density at radius 1 is 1.00 bits per heavy atom. The zero-order valence-corrected chi connectivity index (χ0v) is 19.5. The second-order valence-corrected chi connectivity index (χ2v) is 8.51. The molecule has 170 valence electrons. The van der Waals surface area contributed by atoms with Crippen LogP contribution in [0.2, 0.25) is 5.02 Å². The Bertz CT molecular complexity index is 1110. The fraction of sp³-hybridized carbons (Fsp3) is 0.261. The monoisotopic (exact) mass is 477 g/mol. The lowest BCUT2D eigenvalue weighted by atomic mass is 10.1. The van der Waals surface area contributed by atoms with Gasteiger partial charge in [0.1, 0.15) is 5.76 Å². The van der Waals surface area contributed by atoms with Crippen molar-refractivity contribution in [2.24, 2.45) is 0 Å². The van der Waals surface area contributed by atoms with Gasteiger partial charge in [-0.05, 0) is 36.8 Å². The lowest BCUT2D eigenvalue weighted by molar-refractivity contribution is 0.0925. The molecule has 0 aliphatic rings. The van der Waals surface area contributed by atoms with Crippen molar-refractivity contribution in [3.05, 3.63) is 70.6 Å². The smallest absolute Gasteiger partial charge is 0.287 e. The van der Waals surface area contributed by atoms with Gasteiger partial charge in [-0.2, -0.15) is 0 Å². The molecule has 2 aromatic carbocycles. The van der Waals surface area contributed by atoms with E-state index in [0.717, 1.165) is 5.56 Å². The van der Waals surface area contributed by atoms with Gasteiger partial charge in [0.25, 0.3) is 5.91 Å². The molecule has 0 bridgehead atoms. The van der Waals surface area contributed by atoms with Crippen molar-refractivity contribution in [3.63, 3.8) is 0 Å². The van der Waals surface area contributed by atoms with Gasteiger partial charge in [-0.25, -0.2) is 0 Å². The zero-order valence-electron chi connectivity index (χ0n) is 18.0. The Kier molecular flexibility index (Phi) is 8.19. The summed E-state index contributed by atoms with van der Waals surface area (Å²) in [4.78, 5) is 13.0. The molecule has 0 saturated carbocycles. The number of carbonyl (C=O) groups excluding carboxylic acids is 1. The van der Waals surface area contributed by atoms with Gasteiger partial charge >= 0.3 is 0 Å². The summed E-state index contributed by atoms with van der Waals surface area (Å²) in [7, 11) is 3.27. The molecule has 0 spiro atoms. The number of methoxy groups -OCH3 is 3. The predicted molar refractivity (Wildman–Crippen MR) is 122 cm³/mol. The quantitative estimate of drug-likeness (QED) is 0.470. The maximum absolute atomic E-state index is 12.5. The molecule has 0 fully saturated rings. The third-order valence-corrected chi connectivity index (χ3v) is 6.54. The van der Waals surface area contributed by atoms with Crippen molar-refractivity contribution >= 4 is 28.3 Å². The number of hydrogen-bond acceptors (Lipinski definition) is 6. The van der Waals surface area contributed by atoms with Crippen molar-refractivity contribution in [3.8, 4) is 17.2 Å². The Hall–Kier alpha value is -2.97. The van der Waals surface area contributed by atoms with E-state index in [1.165, 1.54) is 0 Å². The minimum Gasteiger partial charge on any atom is -0.493 e. The molecule has 7 nitrogen and oxygen atoms in total. The van der Waals surface area contributed by atoms with Crippen LogP contribution in [0.5, 0.6) is 17.2 Å². The zero-order chi connectivity index (χ0) is 23.1. The first-order valence-electron chi connectivity index (χ1n) is 9.76. The second kappa shape index (κ2) is 11.1. The third-order valence-electron chi connectivity index (χ3n) is 4.71. The third kappa shape index (κ3) is 5.44. The Balaban J connectivity index is 1.59. The molecule has 1 amide bonds. The van der Waals surface area contributed by atoms with Crippen LogP contribution >= 0.6 is 11.6 Å². The molecular formula is C23H24ClNO6S. The van der Waals surface area contributed by atoms with Crippen LogP contribution < -0.4 is 19.5 Å². The number of carbonyl (C=O) groups is 1. The topological polar surface area (TPSA) is 87.0 Å². The van der Waals surface area contributed by atoms with Crippen molar-refractivity contribution in [2.45, 2.75) is 17.1 Å². The van der Waals surface area contributed by atoms with Gasteiger partial charge in [-0.1, -0.05) is 29.8 Å². The molecule has 0 aliphatic heterocycles. The maximum Gasteiger partial charge on any atom is 0.287 e. The summed E-state index contributed by atoms with van der Waals surface area (Å²) >= 11 is 6.09. The molecule has 0 unspecified atom stereocenters. The van der Waals surface area contributed by atoms with E-state index in [9.17, 15) is 9.00 Å². The van der Waals surface area contributed by atoms with Crippen molar-refractivity contribution in [1.29, 1.82) is 0 Å². The highest BCUT2D eigenvalue weighted by molar-refractivity contribution is 7.84. The van der Waals surface area contributed by atoms with Crippen molar-refractivity contribution < 1.29 is 27.6 Å². The molecule has 3 rings (SSSR count). The van der Waals surface area contributed by atoms with Gasteiger partial charge in [0.2, 0.25) is 5.75 Å². The summed E-state index contributed by atoms with van der Waals surface area (Å²) in [6.07, 6.45) is 0.513. The SMILES string of the molecule is COc1ccc(CCNC(=O)c2ccc(C[S@@](=O)c3ccccc3Cl)o2)c(OC)c1OC. The van der Waals surface area contributed by atoms with E-state index < -0.39 is 10.8 Å². The predicted octanol–water partition coefficient (Wildman–Crippen LogP) is 4.24. The minimum absolute atomic E-state index is 0.125. The van der Waals surface area contributed by atoms with Crippen LogP contribution in [0.1, 0.15) is 21.9 Å². The van der Waals surface area contributed by atoms with E-state index in [1.54, 1.807) is 63.8 Å². The first-order valence-corrected chi connectivity index (χ1v) is 11.5. The van der Waals surface area contributed by atoms with Crippen LogP contribution in [-0.4, -0.2) is 38.0 Å². The summed E-state index contributed by atoms with van der Waals surface area (Å²) in [6, 6.07) is 13.8. The maximum atomic E-state index is 12.5. The standard InChI is InChI=1S/C23H24ClNO6S/c1-28-18-10-8-15(21(29-2)22(18)30-3)12-13-25-23(26)19-11-9-16(31-19)14-32(27)20-7-5-4-6-17(20)24/h4-11H,12-14H2,1-3H3,(H,25,26)/t32-/m1/s1. The van der Waals surface area contributed by atoms with E-state index in [4.69, 9.17) is 30.2 Å². The van der Waals surface area contributed by atoms with Gasteiger partial charge in [-0.3, -0.25) is 9.00 Å². The highest BCUT2D eigenvalue weighted by Crippen LogP contribution is 2.39. The Morgan fingerprint density at radius 3 is 2.44 bits per heavy atom. The van der Waals surface area contributed by atoms with Gasteiger partial charge in [0, 0.05) is 12.1 Å². The number of ether oxygens (including phenoxy) is 3. The Morgan fingerprint density at radius 2 is 1.75 bits per heavy atom. The van der Waals surface area contributed by atoms with E-state index in [1.807, 2.05) is 6.07 Å². The normalized spacial score (nSPS) is 11.6. The number of amides is 1. The molecule has 1 N–H and O–H groups in total. The average molecular weight is 478 g/mol. The van der Waals surface area contributed by atoms with Gasteiger partial charge in [-0.15, -0.1) is 0 Å². The highest BCUT2D eigenvalue weighted by atomic mass is 35.5. The van der Waals surface area contributed by atoms with Gasteiger partial charge in [0.05, 0.1) is 47.8 Å². The first-order chi connectivity index (χ1) is 15.5. The summed E-state index contributed by atoms with van der Waals surface area (Å²) in [5.41, 5.74) is 0.862. The molecule has 1 aromatic heterocycles. The molecule has 32 heavy (non-hydrogen) atoms. The molecule has 0 radical (unpaired) electrons. The average Bonchev–Trinajstić information content (AvgIpc) is 3.27. The van der Waals surface area contributed by atoms with E-state index in [-0.39, 0.29) is 17.4 Å². The number of rotatable bonds is 10.